The number of carbonyl (C=O) groups excluding carboxylic acids is 1. The van der Waals surface area contributed by atoms with Crippen molar-refractivity contribution in [2.45, 2.75) is 80.0 Å². The van der Waals surface area contributed by atoms with Crippen LogP contribution in [0, 0.1) is 0 Å². The molecule has 0 unspecified atom stereocenters. The number of nitrogens with one attached hydrogen (secondary N) is 1. The maximum Gasteiger partial charge on any atom is 0.367 e. The highest BCUT2D eigenvalue weighted by Crippen LogP contribution is 2.35. The summed E-state index contributed by atoms with van der Waals surface area (Å²) in [5.41, 5.74) is 0. The van der Waals surface area contributed by atoms with Crippen molar-refractivity contribution in [2.75, 3.05) is 13.2 Å². The van der Waals surface area contributed by atoms with Crippen LogP contribution in [0.15, 0.2) is 0 Å². The number of hydrogen-bond donors (Lipinski definition) is 11. The van der Waals surface area contributed by atoms with Crippen LogP contribution in [0.2, 0.25) is 0 Å². The molecule has 0 bridgehead atoms. The number of carboxylic acids is 1. The number of aliphatic carboxylic acids is 1. The predicted octanol–water partition coefficient (Wildman–Crippen LogP) is -7.08. The Kier molecular flexibility index (Phi) is 9.07. The molecule has 192 valence electrons. The standard InChI is InChI=1S/C17H29NO15/c1-4(20)18-7-10(24)14(27)17(16(29)30,33-13(7)8(22)5(21)2-19)31-3-6-9(23)11(25)12(26)15(28)32-6/h5-15,19,21-28H,2-3H2,1H3,(H,18,20)(H,29,30)/t5-,6-,7-,8-,9-,10-,11+,12-,13-,14+,15+,17+/m1/s1. The first-order valence-electron chi connectivity index (χ1n) is 9.81. The summed E-state index contributed by atoms with van der Waals surface area (Å²) >= 11 is 0. The topological polar surface area (TPSA) is 276 Å². The van der Waals surface area contributed by atoms with Gasteiger partial charge in [0.25, 0.3) is 5.79 Å². The molecular formula is C17H29NO15. The van der Waals surface area contributed by atoms with Gasteiger partial charge in [-0.15, -0.1) is 0 Å². The lowest BCUT2D eigenvalue weighted by Crippen LogP contribution is -2.74. The van der Waals surface area contributed by atoms with Gasteiger partial charge in [-0.25, -0.2) is 4.79 Å². The molecule has 2 heterocycles. The zero-order chi connectivity index (χ0) is 25.2. The van der Waals surface area contributed by atoms with Gasteiger partial charge in [-0.2, -0.15) is 0 Å². The van der Waals surface area contributed by atoms with Crippen LogP contribution in [-0.2, 0) is 23.8 Å². The molecule has 2 saturated heterocycles. The van der Waals surface area contributed by atoms with E-state index in [4.69, 9.17) is 19.3 Å². The first kappa shape index (κ1) is 27.7. The Hall–Kier alpha value is -1.54. The minimum atomic E-state index is -3.18. The van der Waals surface area contributed by atoms with E-state index in [1.165, 1.54) is 0 Å². The van der Waals surface area contributed by atoms with Gasteiger partial charge in [0, 0.05) is 6.92 Å². The van der Waals surface area contributed by atoms with Crippen molar-refractivity contribution >= 4 is 11.9 Å². The van der Waals surface area contributed by atoms with Crippen molar-refractivity contribution < 1.29 is 74.9 Å². The van der Waals surface area contributed by atoms with Crippen LogP contribution in [0.25, 0.3) is 0 Å². The number of carbonyl (C=O) groups is 2. The van der Waals surface area contributed by atoms with Crippen molar-refractivity contribution in [1.29, 1.82) is 0 Å². The molecule has 12 atom stereocenters. The molecule has 0 aromatic heterocycles. The highest BCUT2D eigenvalue weighted by molar-refractivity contribution is 5.77. The van der Waals surface area contributed by atoms with Gasteiger partial charge in [0.15, 0.2) is 6.29 Å². The van der Waals surface area contributed by atoms with Crippen LogP contribution in [0.4, 0.5) is 0 Å². The third kappa shape index (κ3) is 5.42. The number of carboxylic acid groups (broad SMARTS) is 1. The smallest absolute Gasteiger partial charge is 0.367 e. The van der Waals surface area contributed by atoms with Crippen molar-refractivity contribution in [1.82, 2.24) is 5.32 Å². The Morgan fingerprint density at radius 2 is 1.64 bits per heavy atom. The summed E-state index contributed by atoms with van der Waals surface area (Å²) in [6, 6.07) is -1.67. The van der Waals surface area contributed by atoms with E-state index < -0.39 is 98.1 Å². The molecule has 11 N–H and O–H groups in total. The van der Waals surface area contributed by atoms with Gasteiger partial charge in [-0.05, 0) is 0 Å². The van der Waals surface area contributed by atoms with Gasteiger partial charge in [-0.3, -0.25) is 4.79 Å². The van der Waals surface area contributed by atoms with Crippen LogP contribution < -0.4 is 5.32 Å². The summed E-state index contributed by atoms with van der Waals surface area (Å²) in [5.74, 6) is -6.00. The summed E-state index contributed by atoms with van der Waals surface area (Å²) in [6.07, 6.45) is -19.9. The molecule has 0 aromatic rings. The molecule has 33 heavy (non-hydrogen) atoms. The number of ether oxygens (including phenoxy) is 3. The van der Waals surface area contributed by atoms with E-state index in [9.17, 15) is 55.5 Å². The average Bonchev–Trinajstić information content (AvgIpc) is 2.76. The van der Waals surface area contributed by atoms with Gasteiger partial charge in [0.05, 0.1) is 19.3 Å². The predicted molar refractivity (Wildman–Crippen MR) is 98.8 cm³/mol. The van der Waals surface area contributed by atoms with Crippen LogP contribution in [0.3, 0.4) is 0 Å². The van der Waals surface area contributed by atoms with Crippen molar-refractivity contribution in [2.24, 2.45) is 0 Å². The average molecular weight is 487 g/mol. The number of rotatable bonds is 8. The Morgan fingerprint density at radius 1 is 1.03 bits per heavy atom. The lowest BCUT2D eigenvalue weighted by Gasteiger charge is -2.49. The minimum absolute atomic E-state index is 0.783. The summed E-state index contributed by atoms with van der Waals surface area (Å²) in [6.45, 7) is -1.00. The van der Waals surface area contributed by atoms with Gasteiger partial charge in [0.1, 0.15) is 54.9 Å². The van der Waals surface area contributed by atoms with E-state index in [-0.39, 0.29) is 0 Å². The molecule has 0 saturated carbocycles. The van der Waals surface area contributed by atoms with E-state index in [0.29, 0.717) is 0 Å². The molecule has 16 nitrogen and oxygen atoms in total. The fraction of sp³-hybridized carbons (Fsp3) is 0.882. The van der Waals surface area contributed by atoms with E-state index in [1.54, 1.807) is 0 Å². The largest absolute Gasteiger partial charge is 0.477 e. The molecule has 2 aliphatic heterocycles. The Balaban J connectivity index is 2.35. The van der Waals surface area contributed by atoms with E-state index in [0.717, 1.165) is 6.92 Å². The minimum Gasteiger partial charge on any atom is -0.477 e. The summed E-state index contributed by atoms with van der Waals surface area (Å²) in [5, 5.41) is 101. The Bertz CT molecular complexity index is 695. The number of aliphatic hydroxyl groups is 9. The van der Waals surface area contributed by atoms with Crippen LogP contribution in [-0.4, -0.2) is 149 Å². The third-order valence-electron chi connectivity index (χ3n) is 5.48. The highest BCUT2D eigenvalue weighted by Gasteiger charge is 2.62. The molecular weight excluding hydrogens is 458 g/mol. The van der Waals surface area contributed by atoms with Crippen molar-refractivity contribution in [3.8, 4) is 0 Å². The molecule has 2 fully saturated rings. The van der Waals surface area contributed by atoms with Crippen molar-refractivity contribution in [3.05, 3.63) is 0 Å². The normalized spacial score (nSPS) is 43.5. The Morgan fingerprint density at radius 3 is 2.15 bits per heavy atom. The maximum atomic E-state index is 12.1. The van der Waals surface area contributed by atoms with Crippen LogP contribution >= 0.6 is 0 Å². The lowest BCUT2D eigenvalue weighted by atomic mass is 9.86. The molecule has 0 aliphatic carbocycles. The summed E-state index contributed by atoms with van der Waals surface area (Å²) < 4.78 is 15.2. The first-order chi connectivity index (χ1) is 15.3. The molecule has 0 aromatic carbocycles. The zero-order valence-electron chi connectivity index (χ0n) is 17.3. The van der Waals surface area contributed by atoms with E-state index >= 15 is 0 Å². The fourth-order valence-corrected chi connectivity index (χ4v) is 3.60. The second-order valence-electron chi connectivity index (χ2n) is 7.81. The summed E-state index contributed by atoms with van der Waals surface area (Å²) in [4.78, 5) is 23.6. The molecule has 16 heteroatoms. The lowest BCUT2D eigenvalue weighted by molar-refractivity contribution is -0.360. The molecule has 1 amide bonds. The Labute approximate surface area is 186 Å². The quantitative estimate of drug-likeness (QED) is 0.152. The second kappa shape index (κ2) is 10.8. The zero-order valence-corrected chi connectivity index (χ0v) is 17.3. The highest BCUT2D eigenvalue weighted by atomic mass is 16.7. The maximum absolute atomic E-state index is 12.1. The SMILES string of the molecule is CC(=O)N[C@@H]1[C@@H](O)[C@H](O)[C@@](OC[C@H]2O[C@H](O)[C@H](O)[C@@H](O)[C@@H]2O)(C(=O)O)O[C@H]1[C@H](O)[C@H](O)CO. The van der Waals surface area contributed by atoms with Crippen molar-refractivity contribution in [3.63, 3.8) is 0 Å². The number of hydrogen-bond acceptors (Lipinski definition) is 14. The first-order valence-corrected chi connectivity index (χ1v) is 9.81. The van der Waals surface area contributed by atoms with Crippen LogP contribution in [0.5, 0.6) is 0 Å². The van der Waals surface area contributed by atoms with E-state index in [1.807, 2.05) is 0 Å². The van der Waals surface area contributed by atoms with Gasteiger partial charge < -0.3 is 70.6 Å². The third-order valence-corrected chi connectivity index (χ3v) is 5.48. The van der Waals surface area contributed by atoms with Gasteiger partial charge >= 0.3 is 5.97 Å². The molecule has 2 rings (SSSR count). The molecule has 0 radical (unpaired) electrons. The van der Waals surface area contributed by atoms with Gasteiger partial charge in [0.2, 0.25) is 5.91 Å². The van der Waals surface area contributed by atoms with Gasteiger partial charge in [-0.1, -0.05) is 0 Å². The molecule has 2 aliphatic rings. The van der Waals surface area contributed by atoms with E-state index in [2.05, 4.69) is 5.32 Å². The monoisotopic (exact) mass is 487 g/mol. The van der Waals surface area contributed by atoms with Crippen LogP contribution in [0.1, 0.15) is 6.92 Å². The number of amides is 1. The summed E-state index contributed by atoms with van der Waals surface area (Å²) in [7, 11) is 0. The number of aliphatic hydroxyl groups excluding tert-OH is 9. The molecule has 0 spiro atoms. The fourth-order valence-electron chi connectivity index (χ4n) is 3.60. The second-order valence-corrected chi connectivity index (χ2v) is 7.81.